The van der Waals surface area contributed by atoms with Crippen LogP contribution >= 0.6 is 27.7 Å². The fourth-order valence-corrected chi connectivity index (χ4v) is 4.92. The topological polar surface area (TPSA) is 29.4 Å². The lowest BCUT2D eigenvalue weighted by Gasteiger charge is -2.20. The van der Waals surface area contributed by atoms with Crippen LogP contribution in [-0.4, -0.2) is 21.0 Å². The Kier molecular flexibility index (Phi) is 6.60. The lowest BCUT2D eigenvalue weighted by atomic mass is 9.97. The molecule has 1 unspecified atom stereocenters. The van der Waals surface area contributed by atoms with E-state index in [4.69, 9.17) is 0 Å². The minimum atomic E-state index is -0.276. The molecule has 0 aromatic rings. The molecule has 4 heteroatoms. The van der Waals surface area contributed by atoms with E-state index in [-0.39, 0.29) is 10.7 Å². The molecule has 1 fully saturated rings. The van der Waals surface area contributed by atoms with Crippen LogP contribution < -0.4 is 0 Å². The molecule has 0 saturated heterocycles. The molecule has 1 heterocycles. The van der Waals surface area contributed by atoms with Crippen molar-refractivity contribution >= 4 is 38.6 Å². The van der Waals surface area contributed by atoms with Gasteiger partial charge in [-0.05, 0) is 32.1 Å². The number of thioether (sulfide) groups is 1. The minimum absolute atomic E-state index is 0.112. The summed E-state index contributed by atoms with van der Waals surface area (Å²) < 4.78 is -0.276. The van der Waals surface area contributed by atoms with Crippen LogP contribution in [0, 0.1) is 5.92 Å². The van der Waals surface area contributed by atoms with Gasteiger partial charge in [-0.1, -0.05) is 72.6 Å². The van der Waals surface area contributed by atoms with Gasteiger partial charge in [-0.2, -0.15) is 0 Å². The summed E-state index contributed by atoms with van der Waals surface area (Å²) in [6, 6.07) is 0. The molecule has 1 amide bonds. The van der Waals surface area contributed by atoms with Gasteiger partial charge in [-0.15, -0.1) is 0 Å². The molecule has 0 aromatic carbocycles. The normalized spacial score (nSPS) is 28.5. The van der Waals surface area contributed by atoms with Crippen LogP contribution in [-0.2, 0) is 4.79 Å². The first kappa shape index (κ1) is 16.5. The number of hydrogen-bond acceptors (Lipinski definition) is 2. The van der Waals surface area contributed by atoms with Crippen molar-refractivity contribution in [2.75, 3.05) is 5.33 Å². The number of hydrogen-bond donors (Lipinski definition) is 0. The minimum Gasteiger partial charge on any atom is -0.271 e. The highest BCUT2D eigenvalue weighted by Gasteiger charge is 2.40. The summed E-state index contributed by atoms with van der Waals surface area (Å²) >= 11 is 5.21. The Morgan fingerprint density at radius 2 is 1.95 bits per heavy atom. The summed E-state index contributed by atoms with van der Waals surface area (Å²) in [6.45, 7) is 2.08. The third-order valence-electron chi connectivity index (χ3n) is 4.50. The van der Waals surface area contributed by atoms with E-state index in [0.717, 1.165) is 42.0 Å². The van der Waals surface area contributed by atoms with Crippen molar-refractivity contribution < 1.29 is 4.79 Å². The molecule has 1 atom stereocenters. The number of carbonyl (C=O) groups is 1. The van der Waals surface area contributed by atoms with E-state index in [1.165, 1.54) is 38.5 Å². The van der Waals surface area contributed by atoms with Crippen LogP contribution in [0.3, 0.4) is 0 Å². The van der Waals surface area contributed by atoms with Gasteiger partial charge in [-0.25, -0.2) is 4.99 Å². The van der Waals surface area contributed by atoms with Crippen LogP contribution in [0.15, 0.2) is 4.99 Å². The Morgan fingerprint density at radius 3 is 2.60 bits per heavy atom. The zero-order valence-electron chi connectivity index (χ0n) is 12.5. The van der Waals surface area contributed by atoms with Gasteiger partial charge >= 0.3 is 0 Å². The molecule has 1 saturated carbocycles. The van der Waals surface area contributed by atoms with Gasteiger partial charge in [0.05, 0.1) is 9.79 Å². The standard InChI is InChI=1S/C16H26BrNOS/c1-16(10-6-7-11-17)15(19)18-14(20-16)12-13-8-4-2-3-5-9-13/h13H,2-12H2,1H3. The van der Waals surface area contributed by atoms with E-state index in [1.54, 1.807) is 11.8 Å². The molecule has 1 aliphatic carbocycles. The monoisotopic (exact) mass is 359 g/mol. The van der Waals surface area contributed by atoms with Crippen molar-refractivity contribution in [1.29, 1.82) is 0 Å². The first-order chi connectivity index (χ1) is 9.64. The molecular weight excluding hydrogens is 334 g/mol. The molecule has 0 N–H and O–H groups in total. The van der Waals surface area contributed by atoms with Gasteiger partial charge in [0.25, 0.3) is 5.91 Å². The van der Waals surface area contributed by atoms with Gasteiger partial charge in [0.1, 0.15) is 0 Å². The number of aliphatic imine (C=N–C) groups is 1. The summed E-state index contributed by atoms with van der Waals surface area (Å²) in [5, 5.41) is 2.14. The van der Waals surface area contributed by atoms with E-state index in [1.807, 2.05) is 0 Å². The Bertz CT molecular complexity index is 363. The molecule has 114 valence electrons. The molecule has 0 bridgehead atoms. The Balaban J connectivity index is 1.84. The van der Waals surface area contributed by atoms with Crippen LogP contribution in [0.25, 0.3) is 0 Å². The molecule has 2 aliphatic rings. The van der Waals surface area contributed by atoms with Gasteiger partial charge in [0, 0.05) is 5.33 Å². The molecule has 0 radical (unpaired) electrons. The molecule has 20 heavy (non-hydrogen) atoms. The summed E-state index contributed by atoms with van der Waals surface area (Å²) in [6.07, 6.45) is 12.4. The second-order valence-corrected chi connectivity index (χ2v) is 8.72. The zero-order chi connectivity index (χ0) is 14.4. The third kappa shape index (κ3) is 4.59. The molecule has 1 aliphatic heterocycles. The van der Waals surface area contributed by atoms with E-state index in [9.17, 15) is 4.79 Å². The molecular formula is C16H26BrNOS. The van der Waals surface area contributed by atoms with Crippen molar-refractivity contribution in [3.63, 3.8) is 0 Å². The van der Waals surface area contributed by atoms with Crippen molar-refractivity contribution in [3.05, 3.63) is 0 Å². The van der Waals surface area contributed by atoms with Gasteiger partial charge in [0.2, 0.25) is 0 Å². The smallest absolute Gasteiger partial charge is 0.262 e. The maximum atomic E-state index is 12.2. The van der Waals surface area contributed by atoms with E-state index < -0.39 is 0 Å². The van der Waals surface area contributed by atoms with E-state index >= 15 is 0 Å². The number of amides is 1. The average Bonchev–Trinajstić information content (AvgIpc) is 2.60. The molecule has 0 spiro atoms. The van der Waals surface area contributed by atoms with Gasteiger partial charge in [-0.3, -0.25) is 4.79 Å². The Labute approximate surface area is 135 Å². The number of rotatable bonds is 6. The number of nitrogens with zero attached hydrogens (tertiary/aromatic N) is 1. The van der Waals surface area contributed by atoms with Crippen molar-refractivity contribution in [2.24, 2.45) is 10.9 Å². The first-order valence-corrected chi connectivity index (χ1v) is 9.95. The average molecular weight is 360 g/mol. The van der Waals surface area contributed by atoms with Crippen LogP contribution in [0.4, 0.5) is 0 Å². The SMILES string of the molecule is CC1(CCCCBr)SC(CC2CCCCCC2)=NC1=O. The van der Waals surface area contributed by atoms with E-state index in [2.05, 4.69) is 27.8 Å². The van der Waals surface area contributed by atoms with Gasteiger partial charge in [0.15, 0.2) is 0 Å². The van der Waals surface area contributed by atoms with Crippen LogP contribution in [0.5, 0.6) is 0 Å². The predicted octanol–water partition coefficient (Wildman–Crippen LogP) is 5.34. The number of halogens is 1. The lowest BCUT2D eigenvalue weighted by Crippen LogP contribution is -2.26. The van der Waals surface area contributed by atoms with Gasteiger partial charge < -0.3 is 0 Å². The van der Waals surface area contributed by atoms with Crippen LogP contribution in [0.2, 0.25) is 0 Å². The fraction of sp³-hybridized carbons (Fsp3) is 0.875. The zero-order valence-corrected chi connectivity index (χ0v) is 14.9. The lowest BCUT2D eigenvalue weighted by molar-refractivity contribution is -0.119. The quantitative estimate of drug-likeness (QED) is 0.363. The van der Waals surface area contributed by atoms with Crippen molar-refractivity contribution in [2.45, 2.75) is 75.9 Å². The van der Waals surface area contributed by atoms with E-state index in [0.29, 0.717) is 0 Å². The summed E-state index contributed by atoms with van der Waals surface area (Å²) in [5.74, 6) is 0.877. The number of unbranched alkanes of at least 4 members (excludes halogenated alkanes) is 1. The summed E-state index contributed by atoms with van der Waals surface area (Å²) in [5.41, 5.74) is 0. The molecule has 0 aromatic heterocycles. The highest BCUT2D eigenvalue weighted by atomic mass is 79.9. The molecule has 2 nitrogen and oxygen atoms in total. The second kappa shape index (κ2) is 7.98. The third-order valence-corrected chi connectivity index (χ3v) is 6.38. The maximum Gasteiger partial charge on any atom is 0.262 e. The Morgan fingerprint density at radius 1 is 1.25 bits per heavy atom. The molecule has 2 rings (SSSR count). The predicted molar refractivity (Wildman–Crippen MR) is 91.9 cm³/mol. The van der Waals surface area contributed by atoms with Crippen molar-refractivity contribution in [1.82, 2.24) is 0 Å². The summed E-state index contributed by atoms with van der Waals surface area (Å²) in [4.78, 5) is 16.6. The van der Waals surface area contributed by atoms with Crippen LogP contribution in [0.1, 0.15) is 71.1 Å². The highest BCUT2D eigenvalue weighted by molar-refractivity contribution is 9.09. The first-order valence-electron chi connectivity index (χ1n) is 8.01. The fourth-order valence-electron chi connectivity index (χ4n) is 3.18. The van der Waals surface area contributed by atoms with Crippen molar-refractivity contribution in [3.8, 4) is 0 Å². The second-order valence-electron chi connectivity index (χ2n) is 6.35. The number of carbonyl (C=O) groups excluding carboxylic acids is 1. The largest absolute Gasteiger partial charge is 0.271 e. The highest BCUT2D eigenvalue weighted by Crippen LogP contribution is 2.41. The summed E-state index contributed by atoms with van der Waals surface area (Å²) in [7, 11) is 0. The number of alkyl halides is 1. The maximum absolute atomic E-state index is 12.2. The Hall–Kier alpha value is 0.170.